The lowest BCUT2D eigenvalue weighted by Crippen LogP contribution is -2.40. The van der Waals surface area contributed by atoms with Crippen molar-refractivity contribution >= 4 is 0 Å². The molecule has 0 heterocycles. The molecule has 0 saturated heterocycles. The largest absolute Gasteiger partial charge is 0.393 e. The summed E-state index contributed by atoms with van der Waals surface area (Å²) in [5, 5.41) is 9.74. The zero-order chi connectivity index (χ0) is 10.7. The maximum absolute atomic E-state index is 9.74. The van der Waals surface area contributed by atoms with Crippen molar-refractivity contribution < 1.29 is 9.84 Å². The molecule has 1 N–H and O–H groups in total. The quantitative estimate of drug-likeness (QED) is 0.779. The number of hydrogen-bond acceptors (Lipinski definition) is 2. The highest BCUT2D eigenvalue weighted by Crippen LogP contribution is 2.41. The fourth-order valence-corrected chi connectivity index (χ4v) is 3.33. The van der Waals surface area contributed by atoms with Gasteiger partial charge in [0.05, 0.1) is 12.2 Å². The predicted octanol–water partition coefficient (Wildman–Crippen LogP) is 2.74. The van der Waals surface area contributed by atoms with Crippen molar-refractivity contribution in [2.45, 2.75) is 64.1 Å². The zero-order valence-electron chi connectivity index (χ0n) is 9.82. The minimum atomic E-state index is -0.0583. The molecule has 0 aromatic rings. The molecule has 0 aromatic carbocycles. The summed E-state index contributed by atoms with van der Waals surface area (Å²) in [6.45, 7) is 3.06. The Morgan fingerprint density at radius 2 is 2.07 bits per heavy atom. The van der Waals surface area contributed by atoms with E-state index >= 15 is 0 Å². The van der Waals surface area contributed by atoms with Crippen LogP contribution < -0.4 is 0 Å². The van der Waals surface area contributed by atoms with Crippen LogP contribution in [-0.2, 0) is 4.74 Å². The fraction of sp³-hybridized carbons (Fsp3) is 1.00. The molecule has 0 amide bonds. The third-order valence-electron chi connectivity index (χ3n) is 4.10. The summed E-state index contributed by atoms with van der Waals surface area (Å²) in [5.74, 6) is 1.48. The van der Waals surface area contributed by atoms with Gasteiger partial charge in [-0.05, 0) is 50.4 Å². The molecular formula is C13H24O2. The maximum atomic E-state index is 9.74. The molecule has 2 aliphatic carbocycles. The molecule has 4 unspecified atom stereocenters. The first-order valence-electron chi connectivity index (χ1n) is 6.61. The lowest BCUT2D eigenvalue weighted by Gasteiger charge is -2.42. The number of rotatable bonds is 3. The smallest absolute Gasteiger partial charge is 0.0606 e. The second kappa shape index (κ2) is 5.31. The van der Waals surface area contributed by atoms with Gasteiger partial charge in [-0.3, -0.25) is 0 Å². The van der Waals surface area contributed by atoms with Crippen LogP contribution in [-0.4, -0.2) is 23.9 Å². The standard InChI is InChI=1S/C13H24O2/c1-2-8-15-13-5-3-4-10-6-7-11(14)9-12(10)13/h10-14H,2-9H2,1H3. The Labute approximate surface area is 93.0 Å². The molecule has 0 bridgehead atoms. The van der Waals surface area contributed by atoms with Crippen molar-refractivity contribution in [3.05, 3.63) is 0 Å². The van der Waals surface area contributed by atoms with Crippen LogP contribution in [0.15, 0.2) is 0 Å². The normalized spacial score (nSPS) is 41.2. The van der Waals surface area contributed by atoms with E-state index in [4.69, 9.17) is 4.74 Å². The van der Waals surface area contributed by atoms with Crippen molar-refractivity contribution in [3.63, 3.8) is 0 Å². The second-order valence-electron chi connectivity index (χ2n) is 5.23. The molecule has 15 heavy (non-hydrogen) atoms. The van der Waals surface area contributed by atoms with Crippen LogP contribution in [0.25, 0.3) is 0 Å². The van der Waals surface area contributed by atoms with Gasteiger partial charge >= 0.3 is 0 Å². The van der Waals surface area contributed by atoms with E-state index in [1.54, 1.807) is 0 Å². The van der Waals surface area contributed by atoms with E-state index in [0.29, 0.717) is 12.0 Å². The summed E-state index contributed by atoms with van der Waals surface area (Å²) in [6, 6.07) is 0. The van der Waals surface area contributed by atoms with Crippen molar-refractivity contribution in [2.24, 2.45) is 11.8 Å². The van der Waals surface area contributed by atoms with Gasteiger partial charge in [-0.2, -0.15) is 0 Å². The number of aliphatic hydroxyl groups excluding tert-OH is 1. The van der Waals surface area contributed by atoms with Crippen LogP contribution >= 0.6 is 0 Å². The number of fused-ring (bicyclic) bond motifs is 1. The summed E-state index contributed by atoms with van der Waals surface area (Å²) in [6.07, 6.45) is 8.62. The van der Waals surface area contributed by atoms with Gasteiger partial charge in [0.2, 0.25) is 0 Å². The molecular weight excluding hydrogens is 188 g/mol. The van der Waals surface area contributed by atoms with Gasteiger partial charge in [0, 0.05) is 6.61 Å². The Hall–Kier alpha value is -0.0800. The Kier molecular flexibility index (Phi) is 4.04. The highest BCUT2D eigenvalue weighted by atomic mass is 16.5. The highest BCUT2D eigenvalue weighted by molar-refractivity contribution is 4.88. The molecule has 2 aliphatic rings. The second-order valence-corrected chi connectivity index (χ2v) is 5.23. The van der Waals surface area contributed by atoms with E-state index in [9.17, 15) is 5.11 Å². The van der Waals surface area contributed by atoms with Crippen LogP contribution in [0.4, 0.5) is 0 Å². The Bertz CT molecular complexity index is 193. The van der Waals surface area contributed by atoms with E-state index < -0.39 is 0 Å². The Balaban J connectivity index is 1.91. The summed E-state index contributed by atoms with van der Waals surface area (Å²) in [5.41, 5.74) is 0. The average molecular weight is 212 g/mol. The van der Waals surface area contributed by atoms with Crippen LogP contribution in [0.2, 0.25) is 0 Å². The molecule has 0 aliphatic heterocycles. The fourth-order valence-electron chi connectivity index (χ4n) is 3.33. The zero-order valence-corrected chi connectivity index (χ0v) is 9.82. The third kappa shape index (κ3) is 2.73. The van der Waals surface area contributed by atoms with Crippen LogP contribution in [0.1, 0.15) is 51.9 Å². The van der Waals surface area contributed by atoms with E-state index in [-0.39, 0.29) is 6.10 Å². The number of ether oxygens (including phenoxy) is 1. The molecule has 0 spiro atoms. The number of hydrogen-bond donors (Lipinski definition) is 1. The molecule has 2 rings (SSSR count). The SMILES string of the molecule is CCCOC1CCCC2CCC(O)CC21. The van der Waals surface area contributed by atoms with Gasteiger partial charge in [-0.1, -0.05) is 13.3 Å². The minimum absolute atomic E-state index is 0.0583. The molecule has 0 radical (unpaired) electrons. The average Bonchev–Trinajstić information content (AvgIpc) is 2.26. The molecule has 2 heteroatoms. The first kappa shape index (κ1) is 11.4. The van der Waals surface area contributed by atoms with Gasteiger partial charge < -0.3 is 9.84 Å². The molecule has 4 atom stereocenters. The van der Waals surface area contributed by atoms with Crippen LogP contribution in [0.5, 0.6) is 0 Å². The molecule has 2 saturated carbocycles. The molecule has 2 fully saturated rings. The minimum Gasteiger partial charge on any atom is -0.393 e. The molecule has 88 valence electrons. The van der Waals surface area contributed by atoms with E-state index in [0.717, 1.165) is 31.8 Å². The van der Waals surface area contributed by atoms with Crippen molar-refractivity contribution in [2.75, 3.05) is 6.61 Å². The highest BCUT2D eigenvalue weighted by Gasteiger charge is 2.37. The maximum Gasteiger partial charge on any atom is 0.0606 e. The molecule has 2 nitrogen and oxygen atoms in total. The third-order valence-corrected chi connectivity index (χ3v) is 4.10. The lowest BCUT2D eigenvalue weighted by atomic mass is 9.68. The summed E-state index contributed by atoms with van der Waals surface area (Å²) >= 11 is 0. The summed E-state index contributed by atoms with van der Waals surface area (Å²) in [7, 11) is 0. The lowest BCUT2D eigenvalue weighted by molar-refractivity contribution is -0.0691. The van der Waals surface area contributed by atoms with Gasteiger partial charge in [0.1, 0.15) is 0 Å². The number of aliphatic hydroxyl groups is 1. The van der Waals surface area contributed by atoms with E-state index in [2.05, 4.69) is 6.92 Å². The van der Waals surface area contributed by atoms with Gasteiger partial charge in [-0.25, -0.2) is 0 Å². The van der Waals surface area contributed by atoms with Crippen molar-refractivity contribution in [1.82, 2.24) is 0 Å². The first-order chi connectivity index (χ1) is 7.31. The summed E-state index contributed by atoms with van der Waals surface area (Å²) in [4.78, 5) is 0. The van der Waals surface area contributed by atoms with Crippen LogP contribution in [0.3, 0.4) is 0 Å². The predicted molar refractivity (Wildman–Crippen MR) is 60.7 cm³/mol. The first-order valence-corrected chi connectivity index (χ1v) is 6.61. The van der Waals surface area contributed by atoms with Gasteiger partial charge in [-0.15, -0.1) is 0 Å². The van der Waals surface area contributed by atoms with E-state index in [1.807, 2.05) is 0 Å². The molecule has 0 aromatic heterocycles. The summed E-state index contributed by atoms with van der Waals surface area (Å²) < 4.78 is 5.94. The van der Waals surface area contributed by atoms with Crippen molar-refractivity contribution in [3.8, 4) is 0 Å². The Morgan fingerprint density at radius 3 is 2.87 bits per heavy atom. The van der Waals surface area contributed by atoms with Crippen LogP contribution in [0, 0.1) is 11.8 Å². The van der Waals surface area contributed by atoms with Crippen molar-refractivity contribution in [1.29, 1.82) is 0 Å². The Morgan fingerprint density at radius 1 is 1.20 bits per heavy atom. The van der Waals surface area contributed by atoms with Gasteiger partial charge in [0.25, 0.3) is 0 Å². The van der Waals surface area contributed by atoms with Gasteiger partial charge in [0.15, 0.2) is 0 Å². The van der Waals surface area contributed by atoms with E-state index in [1.165, 1.54) is 25.7 Å². The topological polar surface area (TPSA) is 29.5 Å². The monoisotopic (exact) mass is 212 g/mol.